The molecule has 2 aromatic heterocycles. The number of aromatic nitrogens is 2. The van der Waals surface area contributed by atoms with E-state index < -0.39 is 0 Å². The predicted octanol–water partition coefficient (Wildman–Crippen LogP) is 2.68. The van der Waals surface area contributed by atoms with Crippen molar-refractivity contribution in [3.63, 3.8) is 0 Å². The molecule has 0 aliphatic carbocycles. The van der Waals surface area contributed by atoms with Gasteiger partial charge in [0.25, 0.3) is 5.91 Å². The van der Waals surface area contributed by atoms with Crippen LogP contribution in [0.4, 0.5) is 0 Å². The van der Waals surface area contributed by atoms with Gasteiger partial charge in [-0.25, -0.2) is 0 Å². The molecule has 1 saturated heterocycles. The van der Waals surface area contributed by atoms with Crippen molar-refractivity contribution < 1.29 is 9.21 Å². The van der Waals surface area contributed by atoms with Crippen molar-refractivity contribution in [2.24, 2.45) is 5.92 Å². The van der Waals surface area contributed by atoms with E-state index in [0.29, 0.717) is 18.2 Å². The summed E-state index contributed by atoms with van der Waals surface area (Å²) in [6.07, 6.45) is 4.53. The van der Waals surface area contributed by atoms with Crippen LogP contribution in [0.2, 0.25) is 0 Å². The molecule has 0 aromatic carbocycles. The third-order valence-electron chi connectivity index (χ3n) is 5.01. The molecule has 24 heavy (non-hydrogen) atoms. The van der Waals surface area contributed by atoms with E-state index in [4.69, 9.17) is 4.42 Å². The van der Waals surface area contributed by atoms with E-state index in [2.05, 4.69) is 22.4 Å². The molecule has 2 aliphatic heterocycles. The first-order chi connectivity index (χ1) is 11.2. The third-order valence-corrected chi connectivity index (χ3v) is 5.01. The number of fused-ring (bicyclic) bond motifs is 1. The lowest BCUT2D eigenvalue weighted by atomic mass is 9.90. The van der Waals surface area contributed by atoms with Crippen LogP contribution in [0.5, 0.6) is 0 Å². The molecule has 0 bridgehead atoms. The molecule has 6 nitrogen and oxygen atoms in total. The minimum atomic E-state index is 0. The van der Waals surface area contributed by atoms with Crippen LogP contribution in [0.1, 0.15) is 53.3 Å². The number of hydrogen-bond donors (Lipinski definition) is 2. The smallest absolute Gasteiger partial charge is 0.275 e. The van der Waals surface area contributed by atoms with E-state index in [0.717, 1.165) is 49.4 Å². The molecule has 130 valence electrons. The van der Waals surface area contributed by atoms with Gasteiger partial charge in [0.2, 0.25) is 0 Å². The second-order valence-corrected chi connectivity index (χ2v) is 6.62. The number of furan rings is 1. The van der Waals surface area contributed by atoms with E-state index in [1.807, 2.05) is 17.0 Å². The molecule has 0 saturated carbocycles. The first-order valence-corrected chi connectivity index (χ1v) is 8.35. The monoisotopic (exact) mass is 350 g/mol. The number of nitrogens with zero attached hydrogens (tertiary/aromatic N) is 2. The summed E-state index contributed by atoms with van der Waals surface area (Å²) in [6.45, 7) is 4.63. The molecule has 2 N–H and O–H groups in total. The van der Waals surface area contributed by atoms with Crippen LogP contribution in [0, 0.1) is 5.92 Å². The average Bonchev–Trinajstić information content (AvgIpc) is 3.24. The van der Waals surface area contributed by atoms with Gasteiger partial charge in [-0.2, -0.15) is 5.10 Å². The van der Waals surface area contributed by atoms with Crippen LogP contribution in [-0.2, 0) is 13.0 Å². The molecule has 7 heteroatoms. The largest absolute Gasteiger partial charge is 0.467 e. The van der Waals surface area contributed by atoms with Crippen LogP contribution in [0.25, 0.3) is 0 Å². The SMILES string of the molecule is CC1CCN(C(=O)c2n[nH]c3c2CNCC3)C(c2ccco2)C1.Cl. The number of H-pyrrole nitrogens is 1. The number of carbonyl (C=O) groups is 1. The summed E-state index contributed by atoms with van der Waals surface area (Å²) in [5, 5.41) is 10.7. The molecule has 1 amide bonds. The minimum absolute atomic E-state index is 0. The van der Waals surface area contributed by atoms with Crippen molar-refractivity contribution in [1.82, 2.24) is 20.4 Å². The Morgan fingerprint density at radius 3 is 3.12 bits per heavy atom. The molecular formula is C17H23ClN4O2. The second kappa shape index (κ2) is 6.99. The van der Waals surface area contributed by atoms with Gasteiger partial charge in [-0.15, -0.1) is 12.4 Å². The maximum atomic E-state index is 13.1. The molecule has 1 fully saturated rings. The van der Waals surface area contributed by atoms with E-state index in [1.165, 1.54) is 0 Å². The van der Waals surface area contributed by atoms with Gasteiger partial charge in [-0.3, -0.25) is 9.89 Å². The highest BCUT2D eigenvalue weighted by molar-refractivity contribution is 5.94. The Kier molecular flexibility index (Phi) is 4.96. The van der Waals surface area contributed by atoms with Crippen LogP contribution in [-0.4, -0.2) is 34.1 Å². The number of piperidine rings is 1. The fourth-order valence-electron chi connectivity index (χ4n) is 3.67. The Labute approximate surface area is 147 Å². The van der Waals surface area contributed by atoms with Gasteiger partial charge >= 0.3 is 0 Å². The Morgan fingerprint density at radius 1 is 1.46 bits per heavy atom. The number of hydrogen-bond acceptors (Lipinski definition) is 4. The molecule has 2 aromatic rings. The molecule has 0 radical (unpaired) electrons. The van der Waals surface area contributed by atoms with Crippen molar-refractivity contribution in [1.29, 1.82) is 0 Å². The van der Waals surface area contributed by atoms with Crippen molar-refractivity contribution in [3.8, 4) is 0 Å². The third kappa shape index (κ3) is 2.96. The van der Waals surface area contributed by atoms with Crippen molar-refractivity contribution in [3.05, 3.63) is 41.1 Å². The fourth-order valence-corrected chi connectivity index (χ4v) is 3.67. The second-order valence-electron chi connectivity index (χ2n) is 6.62. The standard InChI is InChI=1S/C17H22N4O2.ClH/c1-11-5-7-21(14(9-11)15-3-2-8-23-15)17(22)16-12-10-18-6-4-13(12)19-20-16;/h2-3,8,11,14,18H,4-7,9-10H2,1H3,(H,19,20);1H. The summed E-state index contributed by atoms with van der Waals surface area (Å²) in [5.74, 6) is 1.47. The van der Waals surface area contributed by atoms with Gasteiger partial charge in [0.1, 0.15) is 5.76 Å². The molecule has 4 heterocycles. The number of likely N-dealkylation sites (tertiary alicyclic amines) is 1. The predicted molar refractivity (Wildman–Crippen MR) is 92.1 cm³/mol. The van der Waals surface area contributed by atoms with Gasteiger partial charge in [-0.1, -0.05) is 6.92 Å². The number of carbonyl (C=O) groups excluding carboxylic acids is 1. The van der Waals surface area contributed by atoms with Gasteiger partial charge < -0.3 is 14.6 Å². The quantitative estimate of drug-likeness (QED) is 0.873. The molecule has 2 unspecified atom stereocenters. The van der Waals surface area contributed by atoms with Crippen LogP contribution >= 0.6 is 12.4 Å². The zero-order chi connectivity index (χ0) is 15.8. The molecule has 2 atom stereocenters. The molecule has 4 rings (SSSR count). The van der Waals surface area contributed by atoms with E-state index >= 15 is 0 Å². The van der Waals surface area contributed by atoms with Crippen molar-refractivity contribution in [2.75, 3.05) is 13.1 Å². The number of nitrogens with one attached hydrogen (secondary N) is 2. The highest BCUT2D eigenvalue weighted by Gasteiger charge is 2.35. The van der Waals surface area contributed by atoms with Crippen molar-refractivity contribution >= 4 is 18.3 Å². The van der Waals surface area contributed by atoms with E-state index in [9.17, 15) is 4.79 Å². The lowest BCUT2D eigenvalue weighted by Gasteiger charge is -2.37. The Morgan fingerprint density at radius 2 is 2.33 bits per heavy atom. The lowest BCUT2D eigenvalue weighted by Crippen LogP contribution is -2.41. The summed E-state index contributed by atoms with van der Waals surface area (Å²) in [7, 11) is 0. The number of amides is 1. The van der Waals surface area contributed by atoms with Gasteiger partial charge in [0, 0.05) is 37.3 Å². The lowest BCUT2D eigenvalue weighted by molar-refractivity contribution is 0.0513. The Balaban J connectivity index is 0.00000169. The molecule has 2 aliphatic rings. The zero-order valence-corrected chi connectivity index (χ0v) is 14.6. The minimum Gasteiger partial charge on any atom is -0.467 e. The van der Waals surface area contributed by atoms with Crippen LogP contribution in [0.3, 0.4) is 0 Å². The maximum absolute atomic E-state index is 13.1. The zero-order valence-electron chi connectivity index (χ0n) is 13.7. The summed E-state index contributed by atoms with van der Waals surface area (Å²) in [4.78, 5) is 15.1. The number of aromatic amines is 1. The van der Waals surface area contributed by atoms with Crippen molar-refractivity contribution in [2.45, 2.75) is 38.8 Å². The van der Waals surface area contributed by atoms with Crippen LogP contribution in [0.15, 0.2) is 22.8 Å². The van der Waals surface area contributed by atoms with E-state index in [1.54, 1.807) is 6.26 Å². The highest BCUT2D eigenvalue weighted by atomic mass is 35.5. The topological polar surface area (TPSA) is 74.2 Å². The summed E-state index contributed by atoms with van der Waals surface area (Å²) in [5.41, 5.74) is 2.68. The number of rotatable bonds is 2. The van der Waals surface area contributed by atoms with Crippen LogP contribution < -0.4 is 5.32 Å². The highest BCUT2D eigenvalue weighted by Crippen LogP contribution is 2.35. The summed E-state index contributed by atoms with van der Waals surface area (Å²) in [6, 6.07) is 3.85. The molecule has 0 spiro atoms. The number of halogens is 1. The first-order valence-electron chi connectivity index (χ1n) is 8.35. The Hall–Kier alpha value is -1.79. The first kappa shape index (κ1) is 17.0. The summed E-state index contributed by atoms with van der Waals surface area (Å²) >= 11 is 0. The maximum Gasteiger partial charge on any atom is 0.275 e. The fraction of sp³-hybridized carbons (Fsp3) is 0.529. The molecular weight excluding hydrogens is 328 g/mol. The summed E-state index contributed by atoms with van der Waals surface area (Å²) < 4.78 is 5.60. The normalized spacial score (nSPS) is 23.5. The van der Waals surface area contributed by atoms with E-state index in [-0.39, 0.29) is 24.4 Å². The average molecular weight is 351 g/mol. The van der Waals surface area contributed by atoms with Gasteiger partial charge in [0.15, 0.2) is 5.69 Å². The van der Waals surface area contributed by atoms with Gasteiger partial charge in [-0.05, 0) is 30.9 Å². The Bertz CT molecular complexity index is 698. The van der Waals surface area contributed by atoms with Gasteiger partial charge in [0.05, 0.1) is 12.3 Å².